The Labute approximate surface area is 162 Å². The van der Waals surface area contributed by atoms with Crippen LogP contribution in [0.2, 0.25) is 0 Å². The maximum atomic E-state index is 12.8. The summed E-state index contributed by atoms with van der Waals surface area (Å²) in [6, 6.07) is 7.54. The van der Waals surface area contributed by atoms with Crippen LogP contribution in [0.25, 0.3) is 0 Å². The smallest absolute Gasteiger partial charge is 0.307 e. The summed E-state index contributed by atoms with van der Waals surface area (Å²) in [5, 5.41) is 12.3. The van der Waals surface area contributed by atoms with Crippen molar-refractivity contribution in [1.82, 2.24) is 9.88 Å². The Morgan fingerprint density at radius 1 is 1.33 bits per heavy atom. The van der Waals surface area contributed by atoms with Crippen LogP contribution in [0.4, 0.5) is 5.69 Å². The SMILES string of the molecule is COc1ncccc1NC(=O)[C@@H]1C[C@H](C(=O)O)CN(Cc2ccc(C)s2)C1. The van der Waals surface area contributed by atoms with E-state index in [9.17, 15) is 14.7 Å². The Morgan fingerprint density at radius 2 is 2.11 bits per heavy atom. The summed E-state index contributed by atoms with van der Waals surface area (Å²) in [6.07, 6.45) is 1.91. The topological polar surface area (TPSA) is 91.8 Å². The molecular formula is C19H23N3O4S. The standard InChI is InChI=1S/C19H23N3O4S/c1-12-5-6-15(27-12)11-22-9-13(8-14(10-22)19(24)25)17(23)21-16-4-3-7-20-18(16)26-2/h3-7,13-14H,8-11H2,1-2H3,(H,21,23)(H,24,25)/t13-,14+/m1/s1. The Kier molecular flexibility index (Phi) is 6.08. The van der Waals surface area contributed by atoms with Crippen LogP contribution in [0, 0.1) is 18.8 Å². The largest absolute Gasteiger partial charge is 0.481 e. The number of ether oxygens (including phenoxy) is 1. The second kappa shape index (κ2) is 8.49. The van der Waals surface area contributed by atoms with Crippen LogP contribution < -0.4 is 10.1 Å². The number of carbonyl (C=O) groups is 2. The summed E-state index contributed by atoms with van der Waals surface area (Å²) >= 11 is 1.69. The summed E-state index contributed by atoms with van der Waals surface area (Å²) < 4.78 is 5.17. The molecule has 2 atom stereocenters. The Hall–Kier alpha value is -2.45. The van der Waals surface area contributed by atoms with Gasteiger partial charge in [0.2, 0.25) is 11.8 Å². The van der Waals surface area contributed by atoms with Crippen LogP contribution in [-0.4, -0.2) is 47.1 Å². The molecule has 1 aliphatic rings. The first-order chi connectivity index (χ1) is 13.0. The number of amides is 1. The number of nitrogens with zero attached hydrogens (tertiary/aromatic N) is 2. The number of rotatable bonds is 6. The van der Waals surface area contributed by atoms with E-state index in [0.717, 1.165) is 0 Å². The van der Waals surface area contributed by atoms with Crippen LogP contribution >= 0.6 is 11.3 Å². The van der Waals surface area contributed by atoms with Gasteiger partial charge in [-0.2, -0.15) is 0 Å². The molecule has 8 heteroatoms. The van der Waals surface area contributed by atoms with E-state index in [2.05, 4.69) is 27.3 Å². The molecule has 0 radical (unpaired) electrons. The zero-order chi connectivity index (χ0) is 19.4. The zero-order valence-corrected chi connectivity index (χ0v) is 16.2. The average molecular weight is 389 g/mol. The number of carbonyl (C=O) groups excluding carboxylic acids is 1. The fraction of sp³-hybridized carbons (Fsp3) is 0.421. The Morgan fingerprint density at radius 3 is 2.78 bits per heavy atom. The number of anilines is 1. The minimum atomic E-state index is -0.862. The van der Waals surface area contributed by atoms with E-state index in [1.165, 1.54) is 16.9 Å². The third-order valence-corrected chi connectivity index (χ3v) is 5.63. The minimum Gasteiger partial charge on any atom is -0.481 e. The van der Waals surface area contributed by atoms with Gasteiger partial charge in [-0.25, -0.2) is 4.98 Å². The molecule has 27 heavy (non-hydrogen) atoms. The second-order valence-corrected chi connectivity index (χ2v) is 8.10. The highest BCUT2D eigenvalue weighted by Gasteiger charge is 2.35. The number of likely N-dealkylation sites (tertiary alicyclic amines) is 1. The lowest BCUT2D eigenvalue weighted by Gasteiger charge is -2.35. The van der Waals surface area contributed by atoms with Gasteiger partial charge in [0.05, 0.1) is 18.9 Å². The van der Waals surface area contributed by atoms with Gasteiger partial charge in [0.1, 0.15) is 5.69 Å². The maximum Gasteiger partial charge on any atom is 0.307 e. The van der Waals surface area contributed by atoms with Gasteiger partial charge >= 0.3 is 5.97 Å². The summed E-state index contributed by atoms with van der Waals surface area (Å²) in [5.74, 6) is -1.71. The molecule has 0 unspecified atom stereocenters. The molecule has 1 fully saturated rings. The highest BCUT2D eigenvalue weighted by molar-refractivity contribution is 7.11. The molecule has 2 N–H and O–H groups in total. The van der Waals surface area contributed by atoms with E-state index in [1.807, 2.05) is 6.92 Å². The molecule has 0 aliphatic carbocycles. The number of piperidine rings is 1. The number of carboxylic acids is 1. The predicted octanol–water partition coefficient (Wildman–Crippen LogP) is 2.62. The van der Waals surface area contributed by atoms with Crippen molar-refractivity contribution in [3.63, 3.8) is 0 Å². The van der Waals surface area contributed by atoms with E-state index < -0.39 is 17.8 Å². The summed E-state index contributed by atoms with van der Waals surface area (Å²) in [6.45, 7) is 3.67. The number of hydrogen-bond donors (Lipinski definition) is 2. The molecule has 0 aromatic carbocycles. The lowest BCUT2D eigenvalue weighted by molar-refractivity contribution is -0.145. The van der Waals surface area contributed by atoms with Gasteiger partial charge in [0.15, 0.2) is 0 Å². The average Bonchev–Trinajstić information content (AvgIpc) is 3.06. The Bertz CT molecular complexity index is 823. The number of hydrogen-bond acceptors (Lipinski definition) is 6. The molecule has 3 rings (SSSR count). The van der Waals surface area contributed by atoms with E-state index in [4.69, 9.17) is 4.74 Å². The molecule has 144 valence electrons. The lowest BCUT2D eigenvalue weighted by Crippen LogP contribution is -2.46. The molecule has 1 amide bonds. The molecule has 1 aliphatic heterocycles. The second-order valence-electron chi connectivity index (χ2n) is 6.72. The minimum absolute atomic E-state index is 0.209. The molecule has 2 aromatic heterocycles. The van der Waals surface area contributed by atoms with Crippen molar-refractivity contribution >= 4 is 28.9 Å². The normalized spacial score (nSPS) is 20.2. The Balaban J connectivity index is 1.72. The number of pyridine rings is 1. The fourth-order valence-corrected chi connectivity index (χ4v) is 4.30. The van der Waals surface area contributed by atoms with E-state index in [0.29, 0.717) is 37.6 Å². The quantitative estimate of drug-likeness (QED) is 0.789. The van der Waals surface area contributed by atoms with Crippen LogP contribution in [0.15, 0.2) is 30.5 Å². The maximum absolute atomic E-state index is 12.8. The van der Waals surface area contributed by atoms with Crippen molar-refractivity contribution < 1.29 is 19.4 Å². The number of aryl methyl sites for hydroxylation is 1. The van der Waals surface area contributed by atoms with Crippen LogP contribution in [0.5, 0.6) is 5.88 Å². The number of methoxy groups -OCH3 is 1. The van der Waals surface area contributed by atoms with Crippen molar-refractivity contribution in [2.24, 2.45) is 11.8 Å². The molecule has 0 spiro atoms. The van der Waals surface area contributed by atoms with Crippen molar-refractivity contribution in [1.29, 1.82) is 0 Å². The first-order valence-corrected chi connectivity index (χ1v) is 9.58. The van der Waals surface area contributed by atoms with Gasteiger partial charge in [-0.1, -0.05) is 0 Å². The molecule has 0 bridgehead atoms. The fourth-order valence-electron chi connectivity index (χ4n) is 3.36. The number of thiophene rings is 1. The summed E-state index contributed by atoms with van der Waals surface area (Å²) in [5.41, 5.74) is 0.489. The monoisotopic (exact) mass is 389 g/mol. The van der Waals surface area contributed by atoms with Gasteiger partial charge in [-0.05, 0) is 37.6 Å². The predicted molar refractivity (Wildman–Crippen MR) is 103 cm³/mol. The molecule has 7 nitrogen and oxygen atoms in total. The van der Waals surface area contributed by atoms with Gasteiger partial charge in [0.25, 0.3) is 0 Å². The van der Waals surface area contributed by atoms with Gasteiger partial charge in [0, 0.05) is 35.6 Å². The van der Waals surface area contributed by atoms with E-state index in [-0.39, 0.29) is 5.91 Å². The van der Waals surface area contributed by atoms with E-state index >= 15 is 0 Å². The van der Waals surface area contributed by atoms with Gasteiger partial charge < -0.3 is 15.2 Å². The van der Waals surface area contributed by atoms with Crippen LogP contribution in [-0.2, 0) is 16.1 Å². The molecule has 0 saturated carbocycles. The van der Waals surface area contributed by atoms with Crippen molar-refractivity contribution in [3.8, 4) is 5.88 Å². The van der Waals surface area contributed by atoms with Crippen molar-refractivity contribution in [3.05, 3.63) is 40.2 Å². The zero-order valence-electron chi connectivity index (χ0n) is 15.3. The molecule has 1 saturated heterocycles. The van der Waals surface area contributed by atoms with Crippen LogP contribution in [0.3, 0.4) is 0 Å². The van der Waals surface area contributed by atoms with Crippen molar-refractivity contribution in [2.75, 3.05) is 25.5 Å². The van der Waals surface area contributed by atoms with Gasteiger partial charge in [-0.15, -0.1) is 11.3 Å². The van der Waals surface area contributed by atoms with Crippen molar-refractivity contribution in [2.45, 2.75) is 19.9 Å². The molecular weight excluding hydrogens is 366 g/mol. The van der Waals surface area contributed by atoms with E-state index in [1.54, 1.807) is 29.7 Å². The third-order valence-electron chi connectivity index (χ3n) is 4.64. The number of nitrogens with one attached hydrogen (secondary N) is 1. The molecule has 2 aromatic rings. The lowest BCUT2D eigenvalue weighted by atomic mass is 9.88. The third kappa shape index (κ3) is 4.84. The number of aliphatic carboxylic acids is 1. The summed E-state index contributed by atoms with van der Waals surface area (Å²) in [7, 11) is 1.49. The van der Waals surface area contributed by atoms with Crippen LogP contribution in [0.1, 0.15) is 16.2 Å². The first kappa shape index (κ1) is 19.3. The molecule has 3 heterocycles. The highest BCUT2D eigenvalue weighted by Crippen LogP contribution is 2.28. The summed E-state index contributed by atoms with van der Waals surface area (Å²) in [4.78, 5) is 32.9. The highest BCUT2D eigenvalue weighted by atomic mass is 32.1. The number of aromatic nitrogens is 1. The first-order valence-electron chi connectivity index (χ1n) is 8.76. The van der Waals surface area contributed by atoms with Gasteiger partial charge in [-0.3, -0.25) is 14.5 Å². The number of carboxylic acid groups (broad SMARTS) is 1.